The van der Waals surface area contributed by atoms with Gasteiger partial charge in [0.1, 0.15) is 5.75 Å². The highest BCUT2D eigenvalue weighted by molar-refractivity contribution is 8.04. The lowest BCUT2D eigenvalue weighted by Crippen LogP contribution is -2.31. The molecule has 8 nitrogen and oxygen atoms in total. The number of benzene rings is 2. The first kappa shape index (κ1) is 20.6. The van der Waals surface area contributed by atoms with Crippen LogP contribution >= 0.6 is 11.8 Å². The molecule has 0 bridgehead atoms. The number of hydrogen-bond acceptors (Lipinski definition) is 7. The molecule has 2 aromatic rings. The Bertz CT molecular complexity index is 987. The highest BCUT2D eigenvalue weighted by Crippen LogP contribution is 2.39. The lowest BCUT2D eigenvalue weighted by molar-refractivity contribution is -0.384. The van der Waals surface area contributed by atoms with Gasteiger partial charge in [-0.15, -0.1) is 11.8 Å². The molecule has 0 aromatic heterocycles. The van der Waals surface area contributed by atoms with E-state index in [2.05, 4.69) is 0 Å². The summed E-state index contributed by atoms with van der Waals surface area (Å²) in [5.41, 5.74) is 0.810. The van der Waals surface area contributed by atoms with Crippen molar-refractivity contribution in [3.63, 3.8) is 0 Å². The fourth-order valence-electron chi connectivity index (χ4n) is 2.91. The number of carbonyl (C=O) groups excluding carboxylic acids is 2. The maximum atomic E-state index is 13.2. The molecule has 1 aliphatic rings. The number of aliphatic hydroxyl groups is 1. The second kappa shape index (κ2) is 8.89. The summed E-state index contributed by atoms with van der Waals surface area (Å²) < 4.78 is 5.45. The summed E-state index contributed by atoms with van der Waals surface area (Å²) in [5, 5.41) is 20.1. The minimum absolute atomic E-state index is 0.114. The highest BCUT2D eigenvalue weighted by Gasteiger charge is 2.40. The van der Waals surface area contributed by atoms with Gasteiger partial charge in [-0.3, -0.25) is 19.7 Å². The van der Waals surface area contributed by atoms with Crippen molar-refractivity contribution in [2.24, 2.45) is 0 Å². The molecule has 1 N–H and O–H groups in total. The lowest BCUT2D eigenvalue weighted by atomic mass is 10.1. The van der Waals surface area contributed by atoms with Crippen LogP contribution in [0.4, 0.5) is 11.4 Å². The summed E-state index contributed by atoms with van der Waals surface area (Å²) >= 11 is 1.07. The van der Waals surface area contributed by atoms with Crippen LogP contribution in [0.25, 0.3) is 5.57 Å². The molecule has 0 radical (unpaired) electrons. The van der Waals surface area contributed by atoms with E-state index in [4.69, 9.17) is 9.84 Å². The smallest absolute Gasteiger partial charge is 0.272 e. The van der Waals surface area contributed by atoms with E-state index >= 15 is 0 Å². The fourth-order valence-corrected chi connectivity index (χ4v) is 3.77. The van der Waals surface area contributed by atoms with Gasteiger partial charge in [0.15, 0.2) is 0 Å². The third kappa shape index (κ3) is 4.15. The zero-order valence-electron chi connectivity index (χ0n) is 15.5. The van der Waals surface area contributed by atoms with Crippen LogP contribution in [0.3, 0.4) is 0 Å². The monoisotopic (exact) mass is 414 g/mol. The van der Waals surface area contributed by atoms with Crippen LogP contribution in [0.1, 0.15) is 12.5 Å². The Morgan fingerprint density at radius 3 is 2.48 bits per heavy atom. The number of aliphatic hydroxyl groups excluding tert-OH is 1. The van der Waals surface area contributed by atoms with Crippen LogP contribution in [0.15, 0.2) is 53.4 Å². The van der Waals surface area contributed by atoms with Gasteiger partial charge in [-0.1, -0.05) is 6.07 Å². The van der Waals surface area contributed by atoms with Gasteiger partial charge in [0.2, 0.25) is 0 Å². The molecule has 1 heterocycles. The molecule has 29 heavy (non-hydrogen) atoms. The number of anilines is 1. The van der Waals surface area contributed by atoms with Crippen molar-refractivity contribution in [3.05, 3.63) is 69.1 Å². The number of nitrogens with zero attached hydrogens (tertiary/aromatic N) is 2. The SMILES string of the molecule is CCOc1cccc(N2C(=O)C(SCCO)=C(c3ccc([N+](=O)[O-])cc3)C2=O)c1. The van der Waals surface area contributed by atoms with Crippen molar-refractivity contribution < 1.29 is 24.4 Å². The second-order valence-electron chi connectivity index (χ2n) is 5.96. The van der Waals surface area contributed by atoms with Gasteiger partial charge >= 0.3 is 0 Å². The van der Waals surface area contributed by atoms with Gasteiger partial charge in [-0.25, -0.2) is 4.90 Å². The number of thioether (sulfide) groups is 1. The van der Waals surface area contributed by atoms with E-state index in [1.807, 2.05) is 6.92 Å². The first-order chi connectivity index (χ1) is 14.0. The standard InChI is InChI=1S/C20H18N2O6S/c1-2-28-16-5-3-4-15(12-16)21-19(24)17(18(20(21)25)29-11-10-23)13-6-8-14(9-7-13)22(26)27/h3-9,12,23H,2,10-11H2,1H3. The lowest BCUT2D eigenvalue weighted by Gasteiger charge is -2.16. The van der Waals surface area contributed by atoms with Crippen LogP contribution in [0.2, 0.25) is 0 Å². The van der Waals surface area contributed by atoms with Gasteiger partial charge in [-0.2, -0.15) is 0 Å². The minimum Gasteiger partial charge on any atom is -0.494 e. The van der Waals surface area contributed by atoms with Gasteiger partial charge in [-0.05, 0) is 36.8 Å². The first-order valence-corrected chi connectivity index (χ1v) is 9.81. The predicted octanol–water partition coefficient (Wildman–Crippen LogP) is 3.00. The van der Waals surface area contributed by atoms with Crippen LogP contribution < -0.4 is 9.64 Å². The average Bonchev–Trinajstić information content (AvgIpc) is 2.96. The number of ether oxygens (including phenoxy) is 1. The molecular weight excluding hydrogens is 396 g/mol. The molecule has 0 aliphatic carbocycles. The molecule has 0 spiro atoms. The Kier molecular flexibility index (Phi) is 6.30. The largest absolute Gasteiger partial charge is 0.494 e. The number of carbonyl (C=O) groups is 2. The van der Waals surface area contributed by atoms with Crippen molar-refractivity contribution in [2.45, 2.75) is 6.92 Å². The molecule has 0 saturated heterocycles. The predicted molar refractivity (Wildman–Crippen MR) is 110 cm³/mol. The summed E-state index contributed by atoms with van der Waals surface area (Å²) in [6, 6.07) is 12.1. The van der Waals surface area contributed by atoms with Crippen LogP contribution in [-0.2, 0) is 9.59 Å². The summed E-state index contributed by atoms with van der Waals surface area (Å²) in [6.07, 6.45) is 0. The average molecular weight is 414 g/mol. The highest BCUT2D eigenvalue weighted by atomic mass is 32.2. The van der Waals surface area contributed by atoms with Crippen molar-refractivity contribution in [1.82, 2.24) is 0 Å². The number of non-ortho nitro benzene ring substituents is 1. The number of amides is 2. The number of rotatable bonds is 8. The zero-order chi connectivity index (χ0) is 21.0. The Morgan fingerprint density at radius 2 is 1.86 bits per heavy atom. The van der Waals surface area contributed by atoms with Gasteiger partial charge in [0.05, 0.1) is 34.3 Å². The second-order valence-corrected chi connectivity index (χ2v) is 7.06. The van der Waals surface area contributed by atoms with E-state index in [0.29, 0.717) is 23.6 Å². The molecular formula is C20H18N2O6S. The van der Waals surface area contributed by atoms with Crippen LogP contribution in [0.5, 0.6) is 5.75 Å². The maximum Gasteiger partial charge on any atom is 0.272 e. The molecule has 0 unspecified atom stereocenters. The zero-order valence-corrected chi connectivity index (χ0v) is 16.3. The molecule has 0 fully saturated rings. The molecule has 0 saturated carbocycles. The van der Waals surface area contributed by atoms with Crippen LogP contribution in [-0.4, -0.2) is 40.8 Å². The van der Waals surface area contributed by atoms with E-state index in [0.717, 1.165) is 16.7 Å². The Labute approximate surface area is 170 Å². The van der Waals surface area contributed by atoms with Gasteiger partial charge < -0.3 is 9.84 Å². The third-order valence-corrected chi connectivity index (χ3v) is 5.19. The number of imide groups is 1. The van der Waals surface area contributed by atoms with Gasteiger partial charge in [0, 0.05) is 24.0 Å². The molecule has 2 amide bonds. The van der Waals surface area contributed by atoms with E-state index < -0.39 is 16.7 Å². The van der Waals surface area contributed by atoms with Crippen molar-refractivity contribution in [2.75, 3.05) is 23.9 Å². The summed E-state index contributed by atoms with van der Waals surface area (Å²) in [5.74, 6) is -0.273. The maximum absolute atomic E-state index is 13.2. The Morgan fingerprint density at radius 1 is 1.14 bits per heavy atom. The first-order valence-electron chi connectivity index (χ1n) is 8.82. The van der Waals surface area contributed by atoms with Crippen molar-refractivity contribution in [3.8, 4) is 5.75 Å². The van der Waals surface area contributed by atoms with Gasteiger partial charge in [0.25, 0.3) is 17.5 Å². The van der Waals surface area contributed by atoms with Crippen molar-refractivity contribution in [1.29, 1.82) is 0 Å². The number of hydrogen-bond donors (Lipinski definition) is 1. The molecule has 150 valence electrons. The van der Waals surface area contributed by atoms with E-state index in [9.17, 15) is 19.7 Å². The third-order valence-electron chi connectivity index (χ3n) is 4.13. The molecule has 2 aromatic carbocycles. The Hall–Kier alpha value is -3.17. The van der Waals surface area contributed by atoms with E-state index in [-0.39, 0.29) is 28.5 Å². The quantitative estimate of drug-likeness (QED) is 0.402. The minimum atomic E-state index is -0.535. The molecule has 1 aliphatic heterocycles. The van der Waals surface area contributed by atoms with Crippen molar-refractivity contribution >= 4 is 40.5 Å². The number of nitro groups is 1. The summed E-state index contributed by atoms with van der Waals surface area (Å²) in [6.45, 7) is 2.11. The molecule has 9 heteroatoms. The molecule has 3 rings (SSSR count). The number of nitro benzene ring substituents is 1. The Balaban J connectivity index is 2.03. The summed E-state index contributed by atoms with van der Waals surface area (Å²) in [4.78, 5) is 37.8. The topological polar surface area (TPSA) is 110 Å². The van der Waals surface area contributed by atoms with E-state index in [1.165, 1.54) is 24.3 Å². The summed E-state index contributed by atoms with van der Waals surface area (Å²) in [7, 11) is 0. The van der Waals surface area contributed by atoms with E-state index in [1.54, 1.807) is 24.3 Å². The molecule has 0 atom stereocenters. The fraction of sp³-hybridized carbons (Fsp3) is 0.200. The van der Waals surface area contributed by atoms with Crippen LogP contribution in [0, 0.1) is 10.1 Å². The normalized spacial score (nSPS) is 13.9.